The van der Waals surface area contributed by atoms with Gasteiger partial charge in [0.15, 0.2) is 0 Å². The van der Waals surface area contributed by atoms with Crippen molar-refractivity contribution in [2.24, 2.45) is 5.92 Å². The number of aliphatic hydroxyl groups excluding tert-OH is 1. The molecular formula is C6H14ClNOS. The SMILES string of the molecule is Cl.OCC1CNCCSC1. The van der Waals surface area contributed by atoms with Crippen molar-refractivity contribution in [2.75, 3.05) is 31.2 Å². The first-order valence-electron chi connectivity index (χ1n) is 3.33. The van der Waals surface area contributed by atoms with E-state index in [1.165, 1.54) is 5.75 Å². The second-order valence-electron chi connectivity index (χ2n) is 2.33. The van der Waals surface area contributed by atoms with E-state index in [4.69, 9.17) is 5.11 Å². The van der Waals surface area contributed by atoms with E-state index in [2.05, 4.69) is 5.32 Å². The van der Waals surface area contributed by atoms with Gasteiger partial charge in [-0.15, -0.1) is 12.4 Å². The summed E-state index contributed by atoms with van der Waals surface area (Å²) in [5.74, 6) is 2.79. The Morgan fingerprint density at radius 1 is 1.60 bits per heavy atom. The second kappa shape index (κ2) is 6.28. The number of aliphatic hydroxyl groups is 1. The van der Waals surface area contributed by atoms with Gasteiger partial charge >= 0.3 is 0 Å². The van der Waals surface area contributed by atoms with E-state index >= 15 is 0 Å². The zero-order chi connectivity index (χ0) is 6.53. The quantitative estimate of drug-likeness (QED) is 0.616. The normalized spacial score (nSPS) is 26.7. The Labute approximate surface area is 72.2 Å². The number of halogens is 1. The van der Waals surface area contributed by atoms with Crippen LogP contribution >= 0.6 is 24.2 Å². The second-order valence-corrected chi connectivity index (χ2v) is 3.48. The Hall–Kier alpha value is 0.560. The van der Waals surface area contributed by atoms with Crippen LogP contribution in [0, 0.1) is 5.92 Å². The van der Waals surface area contributed by atoms with Crippen molar-refractivity contribution in [2.45, 2.75) is 0 Å². The Balaban J connectivity index is 0.000000810. The van der Waals surface area contributed by atoms with Crippen LogP contribution in [0.3, 0.4) is 0 Å². The predicted molar refractivity (Wildman–Crippen MR) is 48.0 cm³/mol. The van der Waals surface area contributed by atoms with Crippen molar-refractivity contribution in [1.29, 1.82) is 0 Å². The number of hydrogen-bond donors (Lipinski definition) is 2. The van der Waals surface area contributed by atoms with Crippen molar-refractivity contribution in [1.82, 2.24) is 5.32 Å². The molecule has 1 rings (SSSR count). The highest BCUT2D eigenvalue weighted by Crippen LogP contribution is 2.09. The number of thioether (sulfide) groups is 1. The highest BCUT2D eigenvalue weighted by atomic mass is 35.5. The molecule has 62 valence electrons. The molecule has 1 unspecified atom stereocenters. The van der Waals surface area contributed by atoms with Gasteiger partial charge in [0.1, 0.15) is 0 Å². The molecule has 0 radical (unpaired) electrons. The molecule has 0 amide bonds. The predicted octanol–water partition coefficient (Wildman–Crippen LogP) is 0.353. The topological polar surface area (TPSA) is 32.3 Å². The first-order valence-corrected chi connectivity index (χ1v) is 4.48. The van der Waals surface area contributed by atoms with E-state index in [-0.39, 0.29) is 12.4 Å². The smallest absolute Gasteiger partial charge is 0.0479 e. The Kier molecular flexibility index (Phi) is 6.63. The largest absolute Gasteiger partial charge is 0.396 e. The van der Waals surface area contributed by atoms with Gasteiger partial charge in [-0.05, 0) is 5.75 Å². The highest BCUT2D eigenvalue weighted by Gasteiger charge is 2.09. The average Bonchev–Trinajstić information content (AvgIpc) is 2.13. The lowest BCUT2D eigenvalue weighted by Crippen LogP contribution is -2.24. The third kappa shape index (κ3) is 3.66. The molecule has 4 heteroatoms. The summed E-state index contributed by atoms with van der Waals surface area (Å²) in [5.41, 5.74) is 0. The molecule has 1 aliphatic heterocycles. The molecule has 0 aromatic rings. The molecule has 0 saturated carbocycles. The fourth-order valence-electron chi connectivity index (χ4n) is 0.877. The molecule has 2 N–H and O–H groups in total. The van der Waals surface area contributed by atoms with E-state index in [0.717, 1.165) is 18.8 Å². The van der Waals surface area contributed by atoms with E-state index < -0.39 is 0 Å². The lowest BCUT2D eigenvalue weighted by Gasteiger charge is -2.07. The summed E-state index contributed by atoms with van der Waals surface area (Å²) in [4.78, 5) is 0. The summed E-state index contributed by atoms with van der Waals surface area (Å²) in [6, 6.07) is 0. The van der Waals surface area contributed by atoms with Gasteiger partial charge in [0, 0.05) is 31.4 Å². The van der Waals surface area contributed by atoms with Gasteiger partial charge in [-0.1, -0.05) is 0 Å². The van der Waals surface area contributed by atoms with Crippen molar-refractivity contribution in [3.63, 3.8) is 0 Å². The zero-order valence-electron chi connectivity index (χ0n) is 5.88. The first kappa shape index (κ1) is 10.6. The molecular weight excluding hydrogens is 170 g/mol. The summed E-state index contributed by atoms with van der Waals surface area (Å²) in [7, 11) is 0. The summed E-state index contributed by atoms with van der Waals surface area (Å²) < 4.78 is 0. The van der Waals surface area contributed by atoms with Crippen molar-refractivity contribution >= 4 is 24.2 Å². The lowest BCUT2D eigenvalue weighted by molar-refractivity contribution is 0.238. The summed E-state index contributed by atoms with van der Waals surface area (Å²) in [6.07, 6.45) is 0. The molecule has 0 spiro atoms. The van der Waals surface area contributed by atoms with Gasteiger partial charge in [-0.3, -0.25) is 0 Å². The molecule has 0 aromatic carbocycles. The first-order chi connectivity index (χ1) is 4.43. The molecule has 1 fully saturated rings. The Bertz CT molecular complexity index is 76.1. The van der Waals surface area contributed by atoms with E-state index in [0.29, 0.717) is 12.5 Å². The number of nitrogens with one attached hydrogen (secondary N) is 1. The minimum atomic E-state index is 0. The highest BCUT2D eigenvalue weighted by molar-refractivity contribution is 7.99. The molecule has 1 heterocycles. The van der Waals surface area contributed by atoms with E-state index in [1.54, 1.807) is 0 Å². The fourth-order valence-corrected chi connectivity index (χ4v) is 1.89. The maximum absolute atomic E-state index is 8.76. The van der Waals surface area contributed by atoms with Crippen LogP contribution < -0.4 is 5.32 Å². The van der Waals surface area contributed by atoms with E-state index in [1.807, 2.05) is 11.8 Å². The molecule has 0 aromatic heterocycles. The summed E-state index contributed by atoms with van der Waals surface area (Å²) in [5, 5.41) is 12.0. The van der Waals surface area contributed by atoms with Gasteiger partial charge in [0.25, 0.3) is 0 Å². The molecule has 2 nitrogen and oxygen atoms in total. The van der Waals surface area contributed by atoms with Crippen molar-refractivity contribution in [3.8, 4) is 0 Å². The lowest BCUT2D eigenvalue weighted by atomic mass is 10.2. The van der Waals surface area contributed by atoms with Gasteiger partial charge in [-0.2, -0.15) is 11.8 Å². The maximum Gasteiger partial charge on any atom is 0.0479 e. The number of rotatable bonds is 1. The van der Waals surface area contributed by atoms with Crippen LogP contribution in [0.5, 0.6) is 0 Å². The summed E-state index contributed by atoms with van der Waals surface area (Å²) >= 11 is 1.93. The van der Waals surface area contributed by atoms with Gasteiger partial charge in [0.2, 0.25) is 0 Å². The van der Waals surface area contributed by atoms with Gasteiger partial charge in [0.05, 0.1) is 0 Å². The van der Waals surface area contributed by atoms with Crippen LogP contribution in [0.1, 0.15) is 0 Å². The molecule has 1 saturated heterocycles. The van der Waals surface area contributed by atoms with Crippen molar-refractivity contribution in [3.05, 3.63) is 0 Å². The molecule has 0 aliphatic carbocycles. The fraction of sp³-hybridized carbons (Fsp3) is 1.00. The molecule has 10 heavy (non-hydrogen) atoms. The van der Waals surface area contributed by atoms with Crippen LogP contribution in [0.4, 0.5) is 0 Å². The monoisotopic (exact) mass is 183 g/mol. The minimum Gasteiger partial charge on any atom is -0.396 e. The standard InChI is InChI=1S/C6H13NOS.ClH/c8-4-6-3-7-1-2-9-5-6;/h6-8H,1-5H2;1H. The van der Waals surface area contributed by atoms with Gasteiger partial charge in [-0.25, -0.2) is 0 Å². The molecule has 1 atom stereocenters. The van der Waals surface area contributed by atoms with Gasteiger partial charge < -0.3 is 10.4 Å². The molecule has 0 bridgehead atoms. The molecule has 1 aliphatic rings. The average molecular weight is 184 g/mol. The number of hydrogen-bond acceptors (Lipinski definition) is 3. The van der Waals surface area contributed by atoms with Crippen LogP contribution in [0.2, 0.25) is 0 Å². The maximum atomic E-state index is 8.76. The minimum absolute atomic E-state index is 0. The third-order valence-corrected chi connectivity index (χ3v) is 2.67. The third-order valence-electron chi connectivity index (χ3n) is 1.47. The van der Waals surface area contributed by atoms with Crippen LogP contribution in [0.15, 0.2) is 0 Å². The zero-order valence-corrected chi connectivity index (χ0v) is 7.51. The van der Waals surface area contributed by atoms with Crippen LogP contribution in [-0.2, 0) is 0 Å². The Morgan fingerprint density at radius 3 is 3.10 bits per heavy atom. The Morgan fingerprint density at radius 2 is 2.40 bits per heavy atom. The summed E-state index contributed by atoms with van der Waals surface area (Å²) in [6.45, 7) is 2.42. The van der Waals surface area contributed by atoms with Crippen LogP contribution in [0.25, 0.3) is 0 Å². The van der Waals surface area contributed by atoms with Crippen LogP contribution in [-0.4, -0.2) is 36.3 Å². The van der Waals surface area contributed by atoms with E-state index in [9.17, 15) is 0 Å². The van der Waals surface area contributed by atoms with Crippen molar-refractivity contribution < 1.29 is 5.11 Å².